The molecule has 6 atom stereocenters. The van der Waals surface area contributed by atoms with E-state index in [-0.39, 0.29) is 35.1 Å². The summed E-state index contributed by atoms with van der Waals surface area (Å²) in [5, 5.41) is 21.9. The van der Waals surface area contributed by atoms with Gasteiger partial charge in [0.1, 0.15) is 6.10 Å². The van der Waals surface area contributed by atoms with E-state index in [9.17, 15) is 15.0 Å². The number of aliphatic hydroxyl groups excluding tert-OH is 1. The quantitative estimate of drug-likeness (QED) is 0.601. The number of hydrogen-bond acceptors (Lipinski definition) is 4. The van der Waals surface area contributed by atoms with E-state index in [0.29, 0.717) is 6.42 Å². The summed E-state index contributed by atoms with van der Waals surface area (Å²) >= 11 is 0. The van der Waals surface area contributed by atoms with Gasteiger partial charge in [-0.15, -0.1) is 0 Å². The summed E-state index contributed by atoms with van der Waals surface area (Å²) in [7, 11) is 1.48. The third-order valence-corrected chi connectivity index (χ3v) is 7.50. The molecule has 0 saturated heterocycles. The lowest BCUT2D eigenvalue weighted by atomic mass is 9.48. The van der Waals surface area contributed by atoms with Crippen molar-refractivity contribution in [3.8, 4) is 0 Å². The predicted molar refractivity (Wildman–Crippen MR) is 92.2 cm³/mol. The minimum Gasteiger partial charge on any atom is -0.469 e. The average molecular weight is 336 g/mol. The second kappa shape index (κ2) is 6.14. The SMILES string of the molecule is COC(=O)[C@@H]1CCC[C@]2(C)[C@H]3CC[C@@](O)(C(C)C)[C@@H](O)C3=CC[C@@H]12. The number of aliphatic hydroxyl groups is 2. The van der Waals surface area contributed by atoms with Crippen LogP contribution in [-0.4, -0.2) is 35.0 Å². The van der Waals surface area contributed by atoms with Gasteiger partial charge in [0.05, 0.1) is 18.6 Å². The van der Waals surface area contributed by atoms with E-state index in [2.05, 4.69) is 13.0 Å². The van der Waals surface area contributed by atoms with Crippen LogP contribution in [0.25, 0.3) is 0 Å². The van der Waals surface area contributed by atoms with Crippen LogP contribution < -0.4 is 0 Å². The summed E-state index contributed by atoms with van der Waals surface area (Å²) in [6, 6.07) is 0. The first kappa shape index (κ1) is 17.9. The molecule has 2 N–H and O–H groups in total. The average Bonchev–Trinajstić information content (AvgIpc) is 2.56. The predicted octanol–water partition coefficient (Wildman–Crippen LogP) is 3.07. The summed E-state index contributed by atoms with van der Waals surface area (Å²) in [5.74, 6) is 0.448. The molecule has 0 amide bonds. The molecule has 4 nitrogen and oxygen atoms in total. The molecule has 0 heterocycles. The highest BCUT2D eigenvalue weighted by Crippen LogP contribution is 2.60. The van der Waals surface area contributed by atoms with Crippen LogP contribution in [0.3, 0.4) is 0 Å². The number of ether oxygens (including phenoxy) is 1. The van der Waals surface area contributed by atoms with Crippen molar-refractivity contribution in [2.45, 2.75) is 71.0 Å². The molecule has 0 bridgehead atoms. The molecule has 3 rings (SSSR count). The Morgan fingerprint density at radius 2 is 2.04 bits per heavy atom. The Bertz CT molecular complexity index is 540. The minimum atomic E-state index is -1.03. The van der Waals surface area contributed by atoms with Gasteiger partial charge < -0.3 is 14.9 Å². The van der Waals surface area contributed by atoms with Gasteiger partial charge in [-0.1, -0.05) is 33.3 Å². The molecule has 0 aromatic rings. The Labute approximate surface area is 145 Å². The summed E-state index contributed by atoms with van der Waals surface area (Å²) in [6.45, 7) is 6.24. The fraction of sp³-hybridized carbons (Fsp3) is 0.850. The molecule has 0 spiro atoms. The van der Waals surface area contributed by atoms with Crippen molar-refractivity contribution in [1.29, 1.82) is 0 Å². The molecule has 24 heavy (non-hydrogen) atoms. The lowest BCUT2D eigenvalue weighted by Crippen LogP contribution is -2.57. The zero-order chi connectivity index (χ0) is 17.7. The summed E-state index contributed by atoms with van der Waals surface area (Å²) in [6.07, 6.45) is 6.66. The molecule has 3 aliphatic carbocycles. The highest BCUT2D eigenvalue weighted by Gasteiger charge is 2.57. The van der Waals surface area contributed by atoms with Crippen molar-refractivity contribution in [3.05, 3.63) is 11.6 Å². The smallest absolute Gasteiger partial charge is 0.308 e. The van der Waals surface area contributed by atoms with Crippen LogP contribution in [-0.2, 0) is 9.53 Å². The van der Waals surface area contributed by atoms with Gasteiger partial charge in [-0.25, -0.2) is 0 Å². The molecule has 2 saturated carbocycles. The molecule has 136 valence electrons. The second-order valence-electron chi connectivity index (χ2n) is 8.71. The number of carbonyl (C=O) groups is 1. The highest BCUT2D eigenvalue weighted by molar-refractivity contribution is 5.73. The van der Waals surface area contributed by atoms with E-state index in [1.54, 1.807) is 0 Å². The van der Waals surface area contributed by atoms with Gasteiger partial charge in [0.25, 0.3) is 0 Å². The summed E-state index contributed by atoms with van der Waals surface area (Å²) in [5.41, 5.74) is 0.00400. The van der Waals surface area contributed by atoms with Crippen molar-refractivity contribution >= 4 is 5.97 Å². The third-order valence-electron chi connectivity index (χ3n) is 7.50. The molecule has 0 unspecified atom stereocenters. The van der Waals surface area contributed by atoms with Crippen LogP contribution >= 0.6 is 0 Å². The summed E-state index contributed by atoms with van der Waals surface area (Å²) < 4.78 is 5.06. The van der Waals surface area contributed by atoms with Gasteiger partial charge in [-0.05, 0) is 60.8 Å². The van der Waals surface area contributed by atoms with E-state index >= 15 is 0 Å². The van der Waals surface area contributed by atoms with Crippen molar-refractivity contribution < 1.29 is 19.7 Å². The molecule has 2 fully saturated rings. The van der Waals surface area contributed by atoms with Gasteiger partial charge in [0, 0.05) is 0 Å². The minimum absolute atomic E-state index is 0.0144. The lowest BCUT2D eigenvalue weighted by molar-refractivity contribution is -0.158. The number of fused-ring (bicyclic) bond motifs is 3. The summed E-state index contributed by atoms with van der Waals surface area (Å²) in [4.78, 5) is 12.2. The maximum absolute atomic E-state index is 12.2. The van der Waals surface area contributed by atoms with Gasteiger partial charge >= 0.3 is 5.97 Å². The lowest BCUT2D eigenvalue weighted by Gasteiger charge is -2.57. The number of allylic oxidation sites excluding steroid dienone is 1. The highest BCUT2D eigenvalue weighted by atomic mass is 16.5. The Kier molecular flexibility index (Phi) is 4.59. The van der Waals surface area contributed by atoms with Crippen LogP contribution in [0.1, 0.15) is 59.3 Å². The van der Waals surface area contributed by atoms with Crippen LogP contribution in [0.4, 0.5) is 0 Å². The van der Waals surface area contributed by atoms with E-state index in [0.717, 1.165) is 37.7 Å². The van der Waals surface area contributed by atoms with Crippen molar-refractivity contribution in [1.82, 2.24) is 0 Å². The monoisotopic (exact) mass is 336 g/mol. The van der Waals surface area contributed by atoms with Crippen molar-refractivity contribution in [2.75, 3.05) is 7.11 Å². The van der Waals surface area contributed by atoms with Gasteiger partial charge in [0.2, 0.25) is 0 Å². The maximum atomic E-state index is 12.2. The zero-order valence-corrected chi connectivity index (χ0v) is 15.4. The fourth-order valence-corrected chi connectivity index (χ4v) is 5.84. The molecule has 4 heteroatoms. The van der Waals surface area contributed by atoms with Crippen molar-refractivity contribution in [3.63, 3.8) is 0 Å². The van der Waals surface area contributed by atoms with E-state index < -0.39 is 11.7 Å². The first-order valence-electron chi connectivity index (χ1n) is 9.44. The standard InChI is InChI=1S/C20H32O4/c1-12(2)20(23)11-9-16-13(17(20)21)7-8-15-14(18(22)24-4)6-5-10-19(15,16)3/h7,12,14-17,21,23H,5-6,8-11H2,1-4H3/t14-,15+,16+,17+,19+,20-/m1/s1. The number of rotatable bonds is 2. The Morgan fingerprint density at radius 1 is 1.33 bits per heavy atom. The van der Waals surface area contributed by atoms with Gasteiger partial charge in [-0.2, -0.15) is 0 Å². The molecular formula is C20H32O4. The molecule has 0 aromatic heterocycles. The van der Waals surface area contributed by atoms with Crippen LogP contribution in [0.5, 0.6) is 0 Å². The van der Waals surface area contributed by atoms with Crippen LogP contribution in [0, 0.1) is 29.1 Å². The third kappa shape index (κ3) is 2.45. The van der Waals surface area contributed by atoms with E-state index in [1.165, 1.54) is 7.11 Å². The topological polar surface area (TPSA) is 66.8 Å². The number of esters is 1. The number of hydrogen-bond donors (Lipinski definition) is 2. The molecule has 0 aromatic carbocycles. The second-order valence-corrected chi connectivity index (χ2v) is 8.71. The molecule has 3 aliphatic rings. The number of methoxy groups -OCH3 is 1. The largest absolute Gasteiger partial charge is 0.469 e. The normalized spacial score (nSPS) is 45.2. The number of carbonyl (C=O) groups excluding carboxylic acids is 1. The molecule has 0 radical (unpaired) electrons. The van der Waals surface area contributed by atoms with E-state index in [1.807, 2.05) is 13.8 Å². The van der Waals surface area contributed by atoms with Crippen molar-refractivity contribution in [2.24, 2.45) is 29.1 Å². The van der Waals surface area contributed by atoms with Crippen LogP contribution in [0.2, 0.25) is 0 Å². The van der Waals surface area contributed by atoms with Gasteiger partial charge in [-0.3, -0.25) is 4.79 Å². The molecular weight excluding hydrogens is 304 g/mol. The zero-order valence-electron chi connectivity index (χ0n) is 15.4. The van der Waals surface area contributed by atoms with E-state index in [4.69, 9.17) is 4.74 Å². The Hall–Kier alpha value is -0.870. The first-order chi connectivity index (χ1) is 11.3. The van der Waals surface area contributed by atoms with Gasteiger partial charge in [0.15, 0.2) is 0 Å². The Balaban J connectivity index is 1.95. The maximum Gasteiger partial charge on any atom is 0.308 e. The fourth-order valence-electron chi connectivity index (χ4n) is 5.84. The molecule has 0 aliphatic heterocycles. The first-order valence-corrected chi connectivity index (χ1v) is 9.44. The van der Waals surface area contributed by atoms with Crippen LogP contribution in [0.15, 0.2) is 11.6 Å². The Morgan fingerprint density at radius 3 is 2.67 bits per heavy atom.